The lowest BCUT2D eigenvalue weighted by molar-refractivity contribution is -0.141. The molecule has 1 aromatic carbocycles. The van der Waals surface area contributed by atoms with Crippen molar-refractivity contribution in [1.82, 2.24) is 5.32 Å². The number of alkyl halides is 3. The number of aliphatic carboxylic acids is 1. The van der Waals surface area contributed by atoms with Crippen LogP contribution in [-0.2, 0) is 22.2 Å². The quantitative estimate of drug-likeness (QED) is 0.872. The first-order valence-electron chi connectivity index (χ1n) is 5.86. The molecule has 0 aliphatic carbocycles. The normalized spacial score (nSPS) is 12.8. The minimum atomic E-state index is -4.41. The first-order valence-corrected chi connectivity index (χ1v) is 5.86. The Balaban J connectivity index is 2.53. The van der Waals surface area contributed by atoms with Crippen LogP contribution < -0.4 is 5.32 Å². The van der Waals surface area contributed by atoms with E-state index in [9.17, 15) is 22.8 Å². The second kappa shape index (κ2) is 6.40. The number of nitrogens with one attached hydrogen (secondary N) is 1. The number of carbonyl (C=O) groups excluding carboxylic acids is 1. The third kappa shape index (κ3) is 4.91. The Labute approximate surface area is 113 Å². The van der Waals surface area contributed by atoms with E-state index >= 15 is 0 Å². The van der Waals surface area contributed by atoms with Crippen LogP contribution in [-0.4, -0.2) is 23.5 Å². The van der Waals surface area contributed by atoms with E-state index < -0.39 is 29.5 Å². The molecule has 1 atom stereocenters. The number of rotatable bonds is 5. The lowest BCUT2D eigenvalue weighted by atomic mass is 10.1. The highest BCUT2D eigenvalue weighted by atomic mass is 19.4. The van der Waals surface area contributed by atoms with Gasteiger partial charge in [-0.25, -0.2) is 0 Å². The highest BCUT2D eigenvalue weighted by Gasteiger charge is 2.29. The van der Waals surface area contributed by atoms with Gasteiger partial charge in [0, 0.05) is 6.54 Å². The number of carboxylic acids is 1. The zero-order chi connectivity index (χ0) is 15.3. The smallest absolute Gasteiger partial charge is 0.416 e. The van der Waals surface area contributed by atoms with Crippen LogP contribution in [0.25, 0.3) is 0 Å². The average Bonchev–Trinajstić information content (AvgIpc) is 2.35. The molecule has 0 spiro atoms. The second-order valence-electron chi connectivity index (χ2n) is 4.41. The summed E-state index contributed by atoms with van der Waals surface area (Å²) in [5, 5.41) is 11.0. The van der Waals surface area contributed by atoms with Crippen molar-refractivity contribution < 1.29 is 27.9 Å². The molecule has 20 heavy (non-hydrogen) atoms. The summed E-state index contributed by atoms with van der Waals surface area (Å²) in [6.07, 6.45) is -4.50. The highest BCUT2D eigenvalue weighted by molar-refractivity contribution is 5.79. The predicted octanol–water partition coefficient (Wildman–Crippen LogP) is 2.08. The van der Waals surface area contributed by atoms with Crippen molar-refractivity contribution >= 4 is 11.9 Å². The van der Waals surface area contributed by atoms with Crippen molar-refractivity contribution in [3.8, 4) is 0 Å². The Kier molecular flexibility index (Phi) is 5.12. The number of carboxylic acid groups (broad SMARTS) is 1. The number of halogens is 3. The predicted molar refractivity (Wildman–Crippen MR) is 65.0 cm³/mol. The molecule has 2 N–H and O–H groups in total. The third-order valence-electron chi connectivity index (χ3n) is 2.67. The highest BCUT2D eigenvalue weighted by Crippen LogP contribution is 2.29. The summed E-state index contributed by atoms with van der Waals surface area (Å²) in [5.74, 6) is -2.18. The van der Waals surface area contributed by atoms with E-state index in [2.05, 4.69) is 5.32 Å². The largest absolute Gasteiger partial charge is 0.481 e. The molecule has 0 aliphatic heterocycles. The van der Waals surface area contributed by atoms with Crippen molar-refractivity contribution in [2.75, 3.05) is 6.54 Å². The second-order valence-corrected chi connectivity index (χ2v) is 4.41. The molecule has 0 aromatic heterocycles. The van der Waals surface area contributed by atoms with Crippen LogP contribution in [0.1, 0.15) is 18.1 Å². The molecule has 0 aliphatic rings. The lowest BCUT2D eigenvalue weighted by Crippen LogP contribution is -2.32. The molecule has 0 saturated heterocycles. The lowest BCUT2D eigenvalue weighted by Gasteiger charge is -2.09. The Morgan fingerprint density at radius 1 is 1.25 bits per heavy atom. The molecule has 0 saturated carbocycles. The first-order chi connectivity index (χ1) is 9.20. The third-order valence-corrected chi connectivity index (χ3v) is 2.67. The molecule has 0 fully saturated rings. The summed E-state index contributed by atoms with van der Waals surface area (Å²) in [4.78, 5) is 22.0. The van der Waals surface area contributed by atoms with Crippen molar-refractivity contribution in [3.63, 3.8) is 0 Å². The van der Waals surface area contributed by atoms with Gasteiger partial charge in [0.25, 0.3) is 0 Å². The van der Waals surface area contributed by atoms with Crippen LogP contribution in [0.4, 0.5) is 13.2 Å². The molecule has 110 valence electrons. The number of hydrogen-bond donors (Lipinski definition) is 2. The molecule has 7 heteroatoms. The van der Waals surface area contributed by atoms with Crippen molar-refractivity contribution in [1.29, 1.82) is 0 Å². The molecule has 0 radical (unpaired) electrons. The maximum Gasteiger partial charge on any atom is 0.416 e. The zero-order valence-corrected chi connectivity index (χ0v) is 10.7. The number of benzene rings is 1. The van der Waals surface area contributed by atoms with E-state index in [1.807, 2.05) is 0 Å². The van der Waals surface area contributed by atoms with Gasteiger partial charge in [-0.1, -0.05) is 19.1 Å². The zero-order valence-electron chi connectivity index (χ0n) is 10.7. The van der Waals surface area contributed by atoms with Crippen LogP contribution in [0.3, 0.4) is 0 Å². The van der Waals surface area contributed by atoms with E-state index in [0.29, 0.717) is 5.56 Å². The Morgan fingerprint density at radius 2 is 1.80 bits per heavy atom. The fraction of sp³-hybridized carbons (Fsp3) is 0.385. The SMILES string of the molecule is CC(CNC(=O)Cc1ccc(C(F)(F)F)cc1)C(=O)O. The van der Waals surface area contributed by atoms with Crippen LogP contribution >= 0.6 is 0 Å². The van der Waals surface area contributed by atoms with Crippen molar-refractivity contribution in [3.05, 3.63) is 35.4 Å². The molecule has 0 bridgehead atoms. The molecule has 1 amide bonds. The van der Waals surface area contributed by atoms with Gasteiger partial charge < -0.3 is 10.4 Å². The molecular formula is C13H14F3NO3. The first kappa shape index (κ1) is 16.0. The molecule has 4 nitrogen and oxygen atoms in total. The number of carbonyl (C=O) groups is 2. The van der Waals surface area contributed by atoms with Gasteiger partial charge in [-0.3, -0.25) is 9.59 Å². The van der Waals surface area contributed by atoms with Crippen molar-refractivity contribution in [2.45, 2.75) is 19.5 Å². The Bertz CT molecular complexity index is 483. The van der Waals surface area contributed by atoms with Gasteiger partial charge in [0.2, 0.25) is 5.91 Å². The van der Waals surface area contributed by atoms with Gasteiger partial charge >= 0.3 is 12.1 Å². The summed E-state index contributed by atoms with van der Waals surface area (Å²) in [6.45, 7) is 1.43. The van der Waals surface area contributed by atoms with Gasteiger partial charge in [-0.15, -0.1) is 0 Å². The fourth-order valence-corrected chi connectivity index (χ4v) is 1.41. The molecule has 1 aromatic rings. The Morgan fingerprint density at radius 3 is 2.25 bits per heavy atom. The summed E-state index contributed by atoms with van der Waals surface area (Å²) >= 11 is 0. The molecular weight excluding hydrogens is 275 g/mol. The van der Waals surface area contributed by atoms with Crippen LogP contribution in [0, 0.1) is 5.92 Å². The molecule has 1 rings (SSSR count). The van der Waals surface area contributed by atoms with Gasteiger partial charge in [-0.05, 0) is 17.7 Å². The van der Waals surface area contributed by atoms with E-state index in [0.717, 1.165) is 12.1 Å². The summed E-state index contributed by atoms with van der Waals surface area (Å²) in [6, 6.07) is 4.26. The van der Waals surface area contributed by atoms with Crippen LogP contribution in [0.5, 0.6) is 0 Å². The number of amides is 1. The molecule has 0 heterocycles. The van der Waals surface area contributed by atoms with Crippen LogP contribution in [0.2, 0.25) is 0 Å². The summed E-state index contributed by atoms with van der Waals surface area (Å²) in [7, 11) is 0. The van der Waals surface area contributed by atoms with Crippen LogP contribution in [0.15, 0.2) is 24.3 Å². The number of hydrogen-bond acceptors (Lipinski definition) is 2. The average molecular weight is 289 g/mol. The maximum atomic E-state index is 12.3. The van der Waals surface area contributed by atoms with Crippen molar-refractivity contribution in [2.24, 2.45) is 5.92 Å². The summed E-state index contributed by atoms with van der Waals surface area (Å²) < 4.78 is 37.0. The van der Waals surface area contributed by atoms with E-state index in [1.54, 1.807) is 0 Å². The van der Waals surface area contributed by atoms with E-state index in [1.165, 1.54) is 19.1 Å². The monoisotopic (exact) mass is 289 g/mol. The van der Waals surface area contributed by atoms with Gasteiger partial charge in [0.1, 0.15) is 0 Å². The standard InChI is InChI=1S/C13H14F3NO3/c1-8(12(19)20)7-17-11(18)6-9-2-4-10(5-3-9)13(14,15)16/h2-5,8H,6-7H2,1H3,(H,17,18)(H,19,20). The molecule has 1 unspecified atom stereocenters. The van der Waals surface area contributed by atoms with E-state index in [4.69, 9.17) is 5.11 Å². The van der Waals surface area contributed by atoms with Gasteiger partial charge in [0.15, 0.2) is 0 Å². The van der Waals surface area contributed by atoms with Gasteiger partial charge in [-0.2, -0.15) is 13.2 Å². The maximum absolute atomic E-state index is 12.3. The minimum Gasteiger partial charge on any atom is -0.481 e. The van der Waals surface area contributed by atoms with E-state index in [-0.39, 0.29) is 13.0 Å². The fourth-order valence-electron chi connectivity index (χ4n) is 1.41. The topological polar surface area (TPSA) is 66.4 Å². The minimum absolute atomic E-state index is 0.0190. The Hall–Kier alpha value is -2.05. The summed E-state index contributed by atoms with van der Waals surface area (Å²) in [5.41, 5.74) is -0.348. The van der Waals surface area contributed by atoms with Gasteiger partial charge in [0.05, 0.1) is 17.9 Å².